The van der Waals surface area contributed by atoms with Crippen LogP contribution in [0.15, 0.2) is 54.6 Å². The maximum absolute atomic E-state index is 12.8. The van der Waals surface area contributed by atoms with Crippen LogP contribution in [-0.4, -0.2) is 11.1 Å². The lowest BCUT2D eigenvalue weighted by molar-refractivity contribution is -0.138. The molecule has 0 bridgehead atoms. The number of aliphatic carboxylic acids is 1. The van der Waals surface area contributed by atoms with Crippen LogP contribution in [0.4, 0.5) is 4.39 Å². The topological polar surface area (TPSA) is 37.3 Å². The maximum atomic E-state index is 12.8. The van der Waals surface area contributed by atoms with Gasteiger partial charge in [0.2, 0.25) is 0 Å². The van der Waals surface area contributed by atoms with Crippen LogP contribution in [0.3, 0.4) is 0 Å². The molecule has 0 saturated heterocycles. The maximum Gasteiger partial charge on any atom is 0.310 e. The minimum absolute atomic E-state index is 0.276. The minimum atomic E-state index is -0.826. The van der Waals surface area contributed by atoms with E-state index in [9.17, 15) is 14.3 Å². The average molecular weight is 258 g/mol. The van der Waals surface area contributed by atoms with E-state index in [2.05, 4.69) is 0 Å². The van der Waals surface area contributed by atoms with Gasteiger partial charge in [0.05, 0.1) is 5.92 Å². The summed E-state index contributed by atoms with van der Waals surface area (Å²) in [5, 5.41) is 9.29. The normalized spacial score (nSPS) is 12.1. The fraction of sp³-hybridized carbons (Fsp3) is 0.188. The van der Waals surface area contributed by atoms with Crippen LogP contribution in [0.5, 0.6) is 0 Å². The molecule has 0 aliphatic carbocycles. The van der Waals surface area contributed by atoms with Gasteiger partial charge in [-0.3, -0.25) is 4.79 Å². The van der Waals surface area contributed by atoms with Crippen molar-refractivity contribution in [3.05, 3.63) is 71.5 Å². The number of carbonyl (C=O) groups is 1. The molecule has 2 rings (SSSR count). The second-order valence-electron chi connectivity index (χ2n) is 4.47. The average Bonchev–Trinajstić information content (AvgIpc) is 2.42. The van der Waals surface area contributed by atoms with Crippen molar-refractivity contribution in [2.45, 2.75) is 18.8 Å². The molecule has 98 valence electrons. The minimum Gasteiger partial charge on any atom is -0.481 e. The Labute approximate surface area is 111 Å². The zero-order valence-corrected chi connectivity index (χ0v) is 10.4. The van der Waals surface area contributed by atoms with Gasteiger partial charge in [0.25, 0.3) is 0 Å². The Morgan fingerprint density at radius 1 is 1.05 bits per heavy atom. The number of hydrogen-bond acceptors (Lipinski definition) is 1. The van der Waals surface area contributed by atoms with E-state index in [0.717, 1.165) is 11.1 Å². The molecule has 0 amide bonds. The van der Waals surface area contributed by atoms with Gasteiger partial charge >= 0.3 is 5.97 Å². The predicted octanol–water partition coefficient (Wildman–Crippen LogP) is 3.63. The van der Waals surface area contributed by atoms with Gasteiger partial charge in [-0.25, -0.2) is 4.39 Å². The van der Waals surface area contributed by atoms with Gasteiger partial charge in [-0.05, 0) is 36.1 Å². The molecule has 19 heavy (non-hydrogen) atoms. The summed E-state index contributed by atoms with van der Waals surface area (Å²) >= 11 is 0. The molecule has 0 spiro atoms. The molecule has 0 aliphatic heterocycles. The third kappa shape index (κ3) is 3.65. The molecule has 0 aromatic heterocycles. The molecule has 2 aromatic carbocycles. The van der Waals surface area contributed by atoms with Crippen LogP contribution >= 0.6 is 0 Å². The van der Waals surface area contributed by atoms with Crippen molar-refractivity contribution in [1.29, 1.82) is 0 Å². The summed E-state index contributed by atoms with van der Waals surface area (Å²) in [7, 11) is 0. The van der Waals surface area contributed by atoms with Gasteiger partial charge in [-0.15, -0.1) is 0 Å². The largest absolute Gasteiger partial charge is 0.481 e. The smallest absolute Gasteiger partial charge is 0.310 e. The summed E-state index contributed by atoms with van der Waals surface area (Å²) in [4.78, 5) is 11.3. The Hall–Kier alpha value is -2.16. The predicted molar refractivity (Wildman–Crippen MR) is 71.5 cm³/mol. The van der Waals surface area contributed by atoms with E-state index in [-0.39, 0.29) is 5.82 Å². The van der Waals surface area contributed by atoms with Crippen LogP contribution < -0.4 is 0 Å². The molecule has 1 atom stereocenters. The molecular weight excluding hydrogens is 243 g/mol. The van der Waals surface area contributed by atoms with Gasteiger partial charge in [-0.1, -0.05) is 42.5 Å². The highest BCUT2D eigenvalue weighted by molar-refractivity contribution is 5.76. The van der Waals surface area contributed by atoms with Crippen LogP contribution in [0.2, 0.25) is 0 Å². The fourth-order valence-corrected chi connectivity index (χ4v) is 2.08. The first-order valence-corrected chi connectivity index (χ1v) is 6.19. The molecule has 2 aromatic rings. The lowest BCUT2D eigenvalue weighted by Gasteiger charge is -2.12. The van der Waals surface area contributed by atoms with Crippen molar-refractivity contribution < 1.29 is 14.3 Å². The molecule has 2 nitrogen and oxygen atoms in total. The first-order chi connectivity index (χ1) is 9.16. The summed E-state index contributed by atoms with van der Waals surface area (Å²) in [6, 6.07) is 15.4. The molecule has 0 saturated carbocycles. The summed E-state index contributed by atoms with van der Waals surface area (Å²) in [6.45, 7) is 0. The van der Waals surface area contributed by atoms with E-state index in [1.54, 1.807) is 12.1 Å². The van der Waals surface area contributed by atoms with Crippen LogP contribution in [-0.2, 0) is 11.2 Å². The van der Waals surface area contributed by atoms with Gasteiger partial charge < -0.3 is 5.11 Å². The van der Waals surface area contributed by atoms with E-state index in [0.29, 0.717) is 12.8 Å². The summed E-state index contributed by atoms with van der Waals surface area (Å²) in [5.41, 5.74) is 1.75. The van der Waals surface area contributed by atoms with Crippen LogP contribution in [0.1, 0.15) is 23.5 Å². The molecule has 0 unspecified atom stereocenters. The second kappa shape index (κ2) is 6.14. The monoisotopic (exact) mass is 258 g/mol. The van der Waals surface area contributed by atoms with Gasteiger partial charge in [0.15, 0.2) is 0 Å². The quantitative estimate of drug-likeness (QED) is 0.889. The molecule has 1 N–H and O–H groups in total. The standard InChI is InChI=1S/C16H15FO2/c17-14-9-6-12(7-10-14)8-11-15(16(18)19)13-4-2-1-3-5-13/h1-7,9-10,15H,8,11H2,(H,18,19)/t15-/m1/s1. The number of aryl methyl sites for hydroxylation is 1. The van der Waals surface area contributed by atoms with E-state index < -0.39 is 11.9 Å². The zero-order chi connectivity index (χ0) is 13.7. The Morgan fingerprint density at radius 2 is 1.68 bits per heavy atom. The molecule has 0 fully saturated rings. The molecule has 0 heterocycles. The van der Waals surface area contributed by atoms with Crippen molar-refractivity contribution in [2.24, 2.45) is 0 Å². The first-order valence-electron chi connectivity index (χ1n) is 6.19. The lowest BCUT2D eigenvalue weighted by atomic mass is 9.92. The highest BCUT2D eigenvalue weighted by Crippen LogP contribution is 2.22. The fourth-order valence-electron chi connectivity index (χ4n) is 2.08. The third-order valence-corrected chi connectivity index (χ3v) is 3.13. The lowest BCUT2D eigenvalue weighted by Crippen LogP contribution is -2.12. The Morgan fingerprint density at radius 3 is 2.26 bits per heavy atom. The highest BCUT2D eigenvalue weighted by atomic mass is 19.1. The molecule has 0 aliphatic rings. The number of hydrogen-bond donors (Lipinski definition) is 1. The molecule has 3 heteroatoms. The summed E-state index contributed by atoms with van der Waals surface area (Å²) in [5.74, 6) is -1.62. The van der Waals surface area contributed by atoms with E-state index in [4.69, 9.17) is 0 Å². The zero-order valence-electron chi connectivity index (χ0n) is 10.4. The Kier molecular flexibility index (Phi) is 4.29. The molecule has 0 radical (unpaired) electrons. The van der Waals surface area contributed by atoms with Gasteiger partial charge in [-0.2, -0.15) is 0 Å². The van der Waals surface area contributed by atoms with Gasteiger partial charge in [0.1, 0.15) is 5.82 Å². The number of benzene rings is 2. The summed E-state index contributed by atoms with van der Waals surface area (Å²) < 4.78 is 12.8. The number of rotatable bonds is 5. The van der Waals surface area contributed by atoms with Crippen molar-refractivity contribution in [2.75, 3.05) is 0 Å². The van der Waals surface area contributed by atoms with E-state index in [1.165, 1.54) is 12.1 Å². The van der Waals surface area contributed by atoms with Crippen molar-refractivity contribution in [3.63, 3.8) is 0 Å². The van der Waals surface area contributed by atoms with Crippen molar-refractivity contribution in [1.82, 2.24) is 0 Å². The van der Waals surface area contributed by atoms with E-state index >= 15 is 0 Å². The van der Waals surface area contributed by atoms with Crippen LogP contribution in [0, 0.1) is 5.82 Å². The second-order valence-corrected chi connectivity index (χ2v) is 4.47. The summed E-state index contributed by atoms with van der Waals surface area (Å²) in [6.07, 6.45) is 1.12. The SMILES string of the molecule is O=C(O)[C@H](CCc1ccc(F)cc1)c1ccccc1. The first kappa shape index (κ1) is 13.3. The van der Waals surface area contributed by atoms with Crippen LogP contribution in [0.25, 0.3) is 0 Å². The number of carboxylic acid groups (broad SMARTS) is 1. The van der Waals surface area contributed by atoms with Crippen molar-refractivity contribution >= 4 is 5.97 Å². The third-order valence-electron chi connectivity index (χ3n) is 3.13. The highest BCUT2D eigenvalue weighted by Gasteiger charge is 2.19. The van der Waals surface area contributed by atoms with Crippen molar-refractivity contribution in [3.8, 4) is 0 Å². The molecular formula is C16H15FO2. The number of halogens is 1. The number of carboxylic acids is 1. The Balaban J connectivity index is 2.06. The van der Waals surface area contributed by atoms with Gasteiger partial charge in [0, 0.05) is 0 Å². The Bertz CT molecular complexity index is 534. The van der Waals surface area contributed by atoms with E-state index in [1.807, 2.05) is 30.3 Å².